The second kappa shape index (κ2) is 9.67. The third kappa shape index (κ3) is 4.60. The van der Waals surface area contributed by atoms with Crippen LogP contribution in [-0.4, -0.2) is 21.4 Å². The Hall–Kier alpha value is -3.31. The van der Waals surface area contributed by atoms with E-state index in [2.05, 4.69) is 32.8 Å². The zero-order chi connectivity index (χ0) is 23.5. The number of aromatic nitrogens is 2. The Morgan fingerprint density at radius 3 is 2.18 bits per heavy atom. The van der Waals surface area contributed by atoms with Crippen LogP contribution in [0, 0.1) is 15.3 Å². The van der Waals surface area contributed by atoms with Crippen molar-refractivity contribution in [2.45, 2.75) is 6.92 Å². The summed E-state index contributed by atoms with van der Waals surface area (Å²) in [7, 11) is 1.52. The summed E-state index contributed by atoms with van der Waals surface area (Å²) in [5.74, 6) is 0.0965. The van der Waals surface area contributed by atoms with Crippen LogP contribution in [0.1, 0.15) is 5.56 Å². The molecular formula is C24H19IN4O3S. The highest BCUT2D eigenvalue weighted by atomic mass is 127. The van der Waals surface area contributed by atoms with Gasteiger partial charge in [-0.05, 0) is 90.3 Å². The monoisotopic (exact) mass is 570 g/mol. The number of halogens is 1. The predicted octanol–water partition coefficient (Wildman–Crippen LogP) is 6.40. The van der Waals surface area contributed by atoms with Gasteiger partial charge in [0.1, 0.15) is 11.4 Å². The van der Waals surface area contributed by atoms with E-state index in [1.807, 2.05) is 43.3 Å². The zero-order valence-electron chi connectivity index (χ0n) is 17.8. The minimum absolute atomic E-state index is 0.110. The molecule has 1 heterocycles. The second-order valence-electron chi connectivity index (χ2n) is 7.11. The maximum Gasteiger partial charge on any atom is 0.290 e. The van der Waals surface area contributed by atoms with Gasteiger partial charge in [0.2, 0.25) is 11.6 Å². The molecule has 0 fully saturated rings. The fourth-order valence-corrected chi connectivity index (χ4v) is 3.97. The molecule has 0 aliphatic carbocycles. The largest absolute Gasteiger partial charge is 0.494 e. The molecule has 0 spiro atoms. The van der Waals surface area contributed by atoms with Crippen molar-refractivity contribution >= 4 is 46.2 Å². The van der Waals surface area contributed by atoms with Gasteiger partial charge in [-0.1, -0.05) is 29.8 Å². The third-order valence-electron chi connectivity index (χ3n) is 4.93. The molecule has 1 N–H and O–H groups in total. The van der Waals surface area contributed by atoms with E-state index in [1.165, 1.54) is 16.2 Å². The average Bonchev–Trinajstić information content (AvgIpc) is 2.81. The summed E-state index contributed by atoms with van der Waals surface area (Å²) in [5, 5.41) is 19.4. The quantitative estimate of drug-likeness (QED) is 0.171. The van der Waals surface area contributed by atoms with Crippen molar-refractivity contribution in [3.63, 3.8) is 0 Å². The number of nitrogens with zero attached hydrogens (tertiary/aromatic N) is 4. The number of rotatable bonds is 5. The SMILES string of the molecule is COc1ccccc1N=Nc1c(O)n(-c2ccc(C)cc2)c(=S)n(-c2ccc(I)cc2)c1=O. The molecule has 1 aromatic heterocycles. The van der Waals surface area contributed by atoms with Crippen molar-refractivity contribution in [2.24, 2.45) is 10.2 Å². The normalized spacial score (nSPS) is 11.1. The fraction of sp³-hybridized carbons (Fsp3) is 0.0833. The summed E-state index contributed by atoms with van der Waals surface area (Å²) in [6.07, 6.45) is 0. The highest BCUT2D eigenvalue weighted by Crippen LogP contribution is 2.32. The summed E-state index contributed by atoms with van der Waals surface area (Å²) in [6.45, 7) is 1.96. The van der Waals surface area contributed by atoms with Crippen LogP contribution >= 0.6 is 34.8 Å². The molecule has 0 unspecified atom stereocenters. The maximum absolute atomic E-state index is 13.4. The van der Waals surface area contributed by atoms with Gasteiger partial charge in [0, 0.05) is 3.57 Å². The van der Waals surface area contributed by atoms with Crippen LogP contribution in [0.15, 0.2) is 87.8 Å². The van der Waals surface area contributed by atoms with Gasteiger partial charge < -0.3 is 9.84 Å². The van der Waals surface area contributed by atoms with E-state index in [-0.39, 0.29) is 10.5 Å². The molecule has 7 nitrogen and oxygen atoms in total. The van der Waals surface area contributed by atoms with Crippen LogP contribution in [0.3, 0.4) is 0 Å². The van der Waals surface area contributed by atoms with Crippen molar-refractivity contribution < 1.29 is 9.84 Å². The van der Waals surface area contributed by atoms with Crippen LogP contribution in [0.5, 0.6) is 11.6 Å². The van der Waals surface area contributed by atoms with Gasteiger partial charge in [-0.25, -0.2) is 0 Å². The van der Waals surface area contributed by atoms with Crippen molar-refractivity contribution in [2.75, 3.05) is 7.11 Å². The number of aryl methyl sites for hydroxylation is 1. The lowest BCUT2D eigenvalue weighted by Crippen LogP contribution is -2.23. The van der Waals surface area contributed by atoms with Crippen molar-refractivity contribution in [3.8, 4) is 23.0 Å². The molecule has 0 bridgehead atoms. The van der Waals surface area contributed by atoms with Gasteiger partial charge in [-0.3, -0.25) is 13.9 Å². The molecule has 0 atom stereocenters. The Morgan fingerprint density at radius 1 is 0.909 bits per heavy atom. The maximum atomic E-state index is 13.4. The standard InChI is InChI=1S/C24H19IN4O3S/c1-15-7-11-17(12-8-15)28-22(30)21(27-26-19-5-3-4-6-20(19)32-2)23(31)29(24(28)33)18-13-9-16(25)10-14-18/h3-14,30H,1-2H3. The molecule has 0 aliphatic heterocycles. The highest BCUT2D eigenvalue weighted by molar-refractivity contribution is 14.1. The van der Waals surface area contributed by atoms with Crippen LogP contribution in [0.4, 0.5) is 11.4 Å². The number of para-hydroxylation sites is 1. The molecule has 0 radical (unpaired) electrons. The Kier molecular flexibility index (Phi) is 6.70. The summed E-state index contributed by atoms with van der Waals surface area (Å²) >= 11 is 7.83. The number of aromatic hydroxyl groups is 1. The summed E-state index contributed by atoms with van der Waals surface area (Å²) < 4.78 is 9.16. The van der Waals surface area contributed by atoms with E-state index in [4.69, 9.17) is 17.0 Å². The first-order chi connectivity index (χ1) is 15.9. The van der Waals surface area contributed by atoms with Crippen LogP contribution in [-0.2, 0) is 0 Å². The minimum Gasteiger partial charge on any atom is -0.494 e. The highest BCUT2D eigenvalue weighted by Gasteiger charge is 2.19. The molecule has 3 aromatic carbocycles. The molecule has 0 amide bonds. The molecule has 0 saturated heterocycles. The molecular weight excluding hydrogens is 551 g/mol. The van der Waals surface area contributed by atoms with Gasteiger partial charge in [0.25, 0.3) is 5.56 Å². The second-order valence-corrected chi connectivity index (χ2v) is 8.73. The minimum atomic E-state index is -0.583. The molecule has 0 aliphatic rings. The van der Waals surface area contributed by atoms with E-state index >= 15 is 0 Å². The lowest BCUT2D eigenvalue weighted by molar-refractivity contribution is 0.415. The Labute approximate surface area is 208 Å². The number of azo groups is 1. The first-order valence-corrected chi connectivity index (χ1v) is 11.4. The average molecular weight is 570 g/mol. The smallest absolute Gasteiger partial charge is 0.290 e. The van der Waals surface area contributed by atoms with E-state index in [1.54, 1.807) is 36.4 Å². The first-order valence-electron chi connectivity index (χ1n) is 9.89. The molecule has 4 aromatic rings. The number of hydrogen-bond donors (Lipinski definition) is 1. The van der Waals surface area contributed by atoms with Gasteiger partial charge >= 0.3 is 0 Å². The van der Waals surface area contributed by atoms with Crippen LogP contribution in [0.25, 0.3) is 11.4 Å². The van der Waals surface area contributed by atoms with E-state index < -0.39 is 11.4 Å². The van der Waals surface area contributed by atoms with Gasteiger partial charge in [0.15, 0.2) is 4.77 Å². The lowest BCUT2D eigenvalue weighted by Gasteiger charge is -2.16. The van der Waals surface area contributed by atoms with Crippen molar-refractivity contribution in [1.82, 2.24) is 9.13 Å². The van der Waals surface area contributed by atoms with Crippen LogP contribution in [0.2, 0.25) is 0 Å². The topological polar surface area (TPSA) is 81.1 Å². The molecule has 33 heavy (non-hydrogen) atoms. The first kappa shape index (κ1) is 22.9. The summed E-state index contributed by atoms with van der Waals surface area (Å²) in [5.41, 5.74) is 1.79. The van der Waals surface area contributed by atoms with Crippen LogP contribution < -0.4 is 10.3 Å². The fourth-order valence-electron chi connectivity index (χ4n) is 3.23. The third-order valence-corrected chi connectivity index (χ3v) is 6.02. The molecule has 4 rings (SSSR count). The Morgan fingerprint density at radius 2 is 1.52 bits per heavy atom. The van der Waals surface area contributed by atoms with Crippen molar-refractivity contribution in [1.29, 1.82) is 0 Å². The number of ether oxygens (including phenoxy) is 1. The molecule has 0 saturated carbocycles. The molecule has 9 heteroatoms. The molecule has 166 valence electrons. The predicted molar refractivity (Wildman–Crippen MR) is 138 cm³/mol. The number of hydrogen-bond acceptors (Lipinski definition) is 6. The lowest BCUT2D eigenvalue weighted by atomic mass is 10.2. The van der Waals surface area contributed by atoms with E-state index in [9.17, 15) is 9.90 Å². The van der Waals surface area contributed by atoms with Crippen molar-refractivity contribution in [3.05, 3.63) is 97.1 Å². The van der Waals surface area contributed by atoms with Gasteiger partial charge in [0.05, 0.1) is 18.5 Å². The van der Waals surface area contributed by atoms with E-state index in [0.717, 1.165) is 9.13 Å². The van der Waals surface area contributed by atoms with Gasteiger partial charge in [-0.15, -0.1) is 10.2 Å². The summed E-state index contributed by atoms with van der Waals surface area (Å²) in [6, 6.07) is 21.8. The Bertz CT molecular complexity index is 1460. The zero-order valence-corrected chi connectivity index (χ0v) is 20.7. The van der Waals surface area contributed by atoms with E-state index in [0.29, 0.717) is 22.8 Å². The number of methoxy groups -OCH3 is 1. The summed E-state index contributed by atoms with van der Waals surface area (Å²) in [4.78, 5) is 13.4. The Balaban J connectivity index is 2.00. The number of benzene rings is 3. The van der Waals surface area contributed by atoms with Gasteiger partial charge in [-0.2, -0.15) is 0 Å².